The van der Waals surface area contributed by atoms with Gasteiger partial charge in [-0.25, -0.2) is 4.79 Å². The number of piperazine rings is 1. The van der Waals surface area contributed by atoms with Gasteiger partial charge in [-0.3, -0.25) is 4.79 Å². The second-order valence-corrected chi connectivity index (χ2v) is 4.81. The lowest BCUT2D eigenvalue weighted by molar-refractivity contribution is -0.130. The molecule has 1 aromatic rings. The molecule has 1 saturated heterocycles. The summed E-state index contributed by atoms with van der Waals surface area (Å²) in [7, 11) is 0. The highest BCUT2D eigenvalue weighted by atomic mass is 35.5. The normalized spacial score (nSPS) is 15.1. The second kappa shape index (κ2) is 7.14. The number of carbonyl (C=O) groups is 2. The summed E-state index contributed by atoms with van der Waals surface area (Å²) in [5.74, 6) is -0.109. The fourth-order valence-corrected chi connectivity index (χ4v) is 2.20. The number of benzene rings is 1. The number of rotatable bonds is 3. The number of hydrogen-bond donors (Lipinski definition) is 0. The summed E-state index contributed by atoms with van der Waals surface area (Å²) in [5.41, 5.74) is 0.955. The third-order valence-electron chi connectivity index (χ3n) is 3.21. The van der Waals surface area contributed by atoms with Crippen LogP contribution in [0.15, 0.2) is 30.3 Å². The van der Waals surface area contributed by atoms with Gasteiger partial charge in [-0.15, -0.1) is 11.6 Å². The van der Waals surface area contributed by atoms with Crippen LogP contribution in [0.3, 0.4) is 0 Å². The van der Waals surface area contributed by atoms with E-state index in [1.807, 2.05) is 30.3 Å². The molecule has 0 N–H and O–H groups in total. The number of halogens is 1. The van der Waals surface area contributed by atoms with Crippen LogP contribution in [0.25, 0.3) is 0 Å². The largest absolute Gasteiger partial charge is 0.445 e. The molecule has 108 valence electrons. The van der Waals surface area contributed by atoms with Crippen molar-refractivity contribution in [3.63, 3.8) is 0 Å². The third-order valence-corrected chi connectivity index (χ3v) is 3.44. The lowest BCUT2D eigenvalue weighted by Crippen LogP contribution is -2.51. The van der Waals surface area contributed by atoms with Crippen molar-refractivity contribution in [3.05, 3.63) is 35.9 Å². The highest BCUT2D eigenvalue weighted by Gasteiger charge is 2.24. The highest BCUT2D eigenvalue weighted by molar-refractivity contribution is 6.27. The molecule has 1 aromatic carbocycles. The molecule has 0 atom stereocenters. The maximum atomic E-state index is 11.9. The molecular formula is C14H17ClN2O3. The van der Waals surface area contributed by atoms with Crippen molar-refractivity contribution in [2.75, 3.05) is 32.1 Å². The Morgan fingerprint density at radius 1 is 1.05 bits per heavy atom. The number of hydrogen-bond acceptors (Lipinski definition) is 3. The van der Waals surface area contributed by atoms with Gasteiger partial charge in [-0.1, -0.05) is 30.3 Å². The molecule has 0 radical (unpaired) electrons. The molecule has 2 rings (SSSR count). The highest BCUT2D eigenvalue weighted by Crippen LogP contribution is 2.07. The minimum Gasteiger partial charge on any atom is -0.445 e. The van der Waals surface area contributed by atoms with E-state index >= 15 is 0 Å². The summed E-state index contributed by atoms with van der Waals surface area (Å²) in [6.07, 6.45) is -0.341. The summed E-state index contributed by atoms with van der Waals surface area (Å²) >= 11 is 5.51. The summed E-state index contributed by atoms with van der Waals surface area (Å²) in [4.78, 5) is 26.6. The van der Waals surface area contributed by atoms with Crippen LogP contribution in [0.2, 0.25) is 0 Å². The molecule has 1 aliphatic rings. The van der Waals surface area contributed by atoms with Crippen molar-refractivity contribution >= 4 is 23.6 Å². The van der Waals surface area contributed by atoms with Crippen LogP contribution < -0.4 is 0 Å². The third kappa shape index (κ3) is 3.87. The number of amides is 2. The van der Waals surface area contributed by atoms with Crippen molar-refractivity contribution in [3.8, 4) is 0 Å². The first kappa shape index (κ1) is 14.7. The van der Waals surface area contributed by atoms with Gasteiger partial charge in [0.2, 0.25) is 5.91 Å². The van der Waals surface area contributed by atoms with E-state index in [0.29, 0.717) is 26.2 Å². The van der Waals surface area contributed by atoms with Crippen LogP contribution in [0.4, 0.5) is 4.79 Å². The molecule has 20 heavy (non-hydrogen) atoms. The first-order chi connectivity index (χ1) is 9.70. The monoisotopic (exact) mass is 296 g/mol. The van der Waals surface area contributed by atoms with Gasteiger partial charge in [-0.2, -0.15) is 0 Å². The second-order valence-electron chi connectivity index (χ2n) is 4.54. The molecular weight excluding hydrogens is 280 g/mol. The zero-order valence-corrected chi connectivity index (χ0v) is 11.9. The van der Waals surface area contributed by atoms with E-state index < -0.39 is 0 Å². The molecule has 5 nitrogen and oxygen atoms in total. The average molecular weight is 297 g/mol. The molecule has 0 spiro atoms. The van der Waals surface area contributed by atoms with Gasteiger partial charge in [0, 0.05) is 26.2 Å². The summed E-state index contributed by atoms with van der Waals surface area (Å²) in [6, 6.07) is 9.53. The predicted octanol–water partition coefficient (Wildman–Crippen LogP) is 1.71. The molecule has 0 bridgehead atoms. The van der Waals surface area contributed by atoms with E-state index in [0.717, 1.165) is 5.56 Å². The van der Waals surface area contributed by atoms with E-state index in [1.165, 1.54) is 0 Å². The smallest absolute Gasteiger partial charge is 0.410 e. The van der Waals surface area contributed by atoms with Crippen molar-refractivity contribution in [2.24, 2.45) is 0 Å². The predicted molar refractivity (Wildman–Crippen MR) is 75.5 cm³/mol. The van der Waals surface area contributed by atoms with Crippen molar-refractivity contribution < 1.29 is 14.3 Å². The molecule has 6 heteroatoms. The molecule has 0 aromatic heterocycles. The van der Waals surface area contributed by atoms with Gasteiger partial charge >= 0.3 is 6.09 Å². The number of alkyl halides is 1. The van der Waals surface area contributed by atoms with Crippen molar-refractivity contribution in [1.29, 1.82) is 0 Å². The number of ether oxygens (including phenoxy) is 1. The van der Waals surface area contributed by atoms with Crippen LogP contribution in [-0.2, 0) is 16.1 Å². The zero-order valence-electron chi connectivity index (χ0n) is 11.1. The van der Waals surface area contributed by atoms with Gasteiger partial charge in [0.25, 0.3) is 0 Å². The zero-order chi connectivity index (χ0) is 14.4. The van der Waals surface area contributed by atoms with E-state index in [1.54, 1.807) is 9.80 Å². The maximum absolute atomic E-state index is 11.9. The SMILES string of the molecule is O=C(CCl)N1CCN(C(=O)OCc2ccccc2)CC1. The van der Waals surface area contributed by atoms with Gasteiger partial charge < -0.3 is 14.5 Å². The Kier molecular flexibility index (Phi) is 5.24. The fraction of sp³-hybridized carbons (Fsp3) is 0.429. The van der Waals surface area contributed by atoms with Gasteiger partial charge in [0.1, 0.15) is 12.5 Å². The molecule has 0 unspecified atom stereocenters. The Labute approximate surface area is 123 Å². The van der Waals surface area contributed by atoms with E-state index in [2.05, 4.69) is 0 Å². The number of nitrogens with zero attached hydrogens (tertiary/aromatic N) is 2. The standard InChI is InChI=1S/C14H17ClN2O3/c15-10-13(18)16-6-8-17(9-7-16)14(19)20-11-12-4-2-1-3-5-12/h1-5H,6-11H2. The first-order valence-electron chi connectivity index (χ1n) is 6.50. The van der Waals surface area contributed by atoms with Gasteiger partial charge in [-0.05, 0) is 5.56 Å². The average Bonchev–Trinajstić information content (AvgIpc) is 2.53. The van der Waals surface area contributed by atoms with E-state index in [9.17, 15) is 9.59 Å². The lowest BCUT2D eigenvalue weighted by atomic mass is 10.2. The maximum Gasteiger partial charge on any atom is 0.410 e. The van der Waals surface area contributed by atoms with Crippen molar-refractivity contribution in [2.45, 2.75) is 6.61 Å². The summed E-state index contributed by atoms with van der Waals surface area (Å²) in [6.45, 7) is 2.24. The number of carbonyl (C=O) groups excluding carboxylic acids is 2. The van der Waals surface area contributed by atoms with E-state index in [-0.39, 0.29) is 24.5 Å². The van der Waals surface area contributed by atoms with Crippen LogP contribution >= 0.6 is 11.6 Å². The van der Waals surface area contributed by atoms with Gasteiger partial charge in [0.05, 0.1) is 0 Å². The quantitative estimate of drug-likeness (QED) is 0.798. The van der Waals surface area contributed by atoms with Gasteiger partial charge in [0.15, 0.2) is 0 Å². The Hall–Kier alpha value is -1.75. The Bertz CT molecular complexity index is 459. The topological polar surface area (TPSA) is 49.9 Å². The Morgan fingerprint density at radius 2 is 1.65 bits per heavy atom. The van der Waals surface area contributed by atoms with Crippen LogP contribution in [0.5, 0.6) is 0 Å². The molecule has 1 aliphatic heterocycles. The van der Waals surface area contributed by atoms with Crippen LogP contribution in [0, 0.1) is 0 Å². The first-order valence-corrected chi connectivity index (χ1v) is 7.03. The van der Waals surface area contributed by atoms with Crippen LogP contribution in [-0.4, -0.2) is 53.9 Å². The molecule has 2 amide bonds. The summed E-state index contributed by atoms with van der Waals surface area (Å²) in [5, 5.41) is 0. The molecule has 1 fully saturated rings. The summed E-state index contributed by atoms with van der Waals surface area (Å²) < 4.78 is 5.25. The molecule has 0 saturated carbocycles. The molecule has 0 aliphatic carbocycles. The van der Waals surface area contributed by atoms with Crippen molar-refractivity contribution in [1.82, 2.24) is 9.80 Å². The lowest BCUT2D eigenvalue weighted by Gasteiger charge is -2.33. The Morgan fingerprint density at radius 3 is 2.25 bits per heavy atom. The molecule has 1 heterocycles. The van der Waals surface area contributed by atoms with E-state index in [4.69, 9.17) is 16.3 Å². The fourth-order valence-electron chi connectivity index (χ4n) is 2.03. The minimum atomic E-state index is -0.341. The minimum absolute atomic E-state index is 0.0154. The Balaban J connectivity index is 1.76. The van der Waals surface area contributed by atoms with Crippen LogP contribution in [0.1, 0.15) is 5.56 Å².